The van der Waals surface area contributed by atoms with Crippen molar-refractivity contribution in [1.29, 1.82) is 0 Å². The fraction of sp³-hybridized carbons (Fsp3) is 1.00. The van der Waals surface area contributed by atoms with Gasteiger partial charge in [0.15, 0.2) is 0 Å². The third-order valence-electron chi connectivity index (χ3n) is 10.9. The molecule has 0 aromatic heterocycles. The summed E-state index contributed by atoms with van der Waals surface area (Å²) < 4.78 is 5.05. The molecule has 0 spiro atoms. The van der Waals surface area contributed by atoms with E-state index in [0.29, 0.717) is 36.2 Å². The van der Waals surface area contributed by atoms with Crippen LogP contribution in [0.3, 0.4) is 0 Å². The summed E-state index contributed by atoms with van der Waals surface area (Å²) in [5.74, 6) is 2.59. The number of rotatable bonds is 5. The third kappa shape index (κ3) is 3.32. The summed E-state index contributed by atoms with van der Waals surface area (Å²) in [5, 5.41) is 33.8. The van der Waals surface area contributed by atoms with Gasteiger partial charge in [0.05, 0.1) is 24.9 Å². The predicted molar refractivity (Wildman–Crippen MR) is 122 cm³/mol. The highest BCUT2D eigenvalue weighted by Gasteiger charge is 2.67. The molecule has 0 bridgehead atoms. The molecule has 30 heavy (non-hydrogen) atoms. The Kier molecular flexibility index (Phi) is 6.63. The van der Waals surface area contributed by atoms with Crippen molar-refractivity contribution in [3.8, 4) is 0 Å². The van der Waals surface area contributed by atoms with E-state index < -0.39 is 0 Å². The van der Waals surface area contributed by atoms with Gasteiger partial charge in [-0.25, -0.2) is 0 Å². The van der Waals surface area contributed by atoms with Crippen LogP contribution in [0.4, 0.5) is 0 Å². The first kappa shape index (κ1) is 23.4. The van der Waals surface area contributed by atoms with Crippen LogP contribution in [0.25, 0.3) is 0 Å². The van der Waals surface area contributed by atoms with E-state index in [2.05, 4.69) is 40.6 Å². The molecule has 0 aromatic carbocycles. The first-order chi connectivity index (χ1) is 14.2. The first-order valence-corrected chi connectivity index (χ1v) is 12.9. The fourth-order valence-corrected chi connectivity index (χ4v) is 9.43. The highest BCUT2D eigenvalue weighted by atomic mass is 32.1. The van der Waals surface area contributed by atoms with Crippen LogP contribution in [0.15, 0.2) is 0 Å². The van der Waals surface area contributed by atoms with Crippen molar-refractivity contribution in [2.24, 2.45) is 52.3 Å². The van der Waals surface area contributed by atoms with Gasteiger partial charge >= 0.3 is 0 Å². The lowest BCUT2D eigenvalue weighted by Gasteiger charge is -2.65. The number of aliphatic hydroxyl groups excluding tert-OH is 3. The van der Waals surface area contributed by atoms with Crippen LogP contribution >= 0.6 is 12.9 Å². The summed E-state index contributed by atoms with van der Waals surface area (Å²) in [6, 6.07) is 0. The Morgan fingerprint density at radius 2 is 1.77 bits per heavy atom. The number of hydrogen-bond acceptors (Lipinski definition) is 5. The van der Waals surface area contributed by atoms with E-state index in [1.165, 1.54) is 0 Å². The van der Waals surface area contributed by atoms with Crippen molar-refractivity contribution in [2.45, 2.75) is 97.4 Å². The molecule has 0 aromatic rings. The number of hydrogen-bond donors (Lipinski definition) is 4. The highest BCUT2D eigenvalue weighted by molar-refractivity contribution is 7.75. The maximum absolute atomic E-state index is 11.7. The van der Waals surface area contributed by atoms with Crippen molar-refractivity contribution >= 4 is 12.9 Å². The molecule has 3 N–H and O–H groups in total. The second-order valence-corrected chi connectivity index (χ2v) is 12.1. The van der Waals surface area contributed by atoms with Gasteiger partial charge in [0.2, 0.25) is 0 Å². The SMILES string of the molecule is CC[C@H]1[C@H](O)C2C3CC[C@H]([C@H](C)CCOS)[C@@]3(C)[C@@H](O)CC2[C@@]2(C)CC[C@@H](O)C[C@@H]12. The summed E-state index contributed by atoms with van der Waals surface area (Å²) in [4.78, 5) is 0. The second-order valence-electron chi connectivity index (χ2n) is 11.8. The molecular formula is C25H44O4S. The monoisotopic (exact) mass is 440 g/mol. The van der Waals surface area contributed by atoms with E-state index in [-0.39, 0.29) is 41.0 Å². The summed E-state index contributed by atoms with van der Waals surface area (Å²) in [6.07, 6.45) is 6.85. The minimum atomic E-state index is -0.315. The topological polar surface area (TPSA) is 69.9 Å². The summed E-state index contributed by atoms with van der Waals surface area (Å²) >= 11 is 3.92. The maximum atomic E-state index is 11.7. The van der Waals surface area contributed by atoms with Crippen LogP contribution in [0.1, 0.15) is 79.1 Å². The molecule has 0 radical (unpaired) electrons. The Bertz CT molecular complexity index is 616. The Balaban J connectivity index is 1.68. The molecule has 0 heterocycles. The molecule has 0 aliphatic heterocycles. The van der Waals surface area contributed by atoms with Gasteiger partial charge in [0.1, 0.15) is 0 Å². The molecule has 5 heteroatoms. The van der Waals surface area contributed by atoms with E-state index >= 15 is 0 Å². The molecule has 174 valence electrons. The summed E-state index contributed by atoms with van der Waals surface area (Å²) in [5.41, 5.74) is -0.0104. The predicted octanol–water partition coefficient (Wildman–Crippen LogP) is 4.47. The van der Waals surface area contributed by atoms with Gasteiger partial charge < -0.3 is 19.5 Å². The first-order valence-electron chi connectivity index (χ1n) is 12.5. The lowest BCUT2D eigenvalue weighted by atomic mass is 9.41. The normalized spacial score (nSPS) is 54.2. The van der Waals surface area contributed by atoms with Crippen LogP contribution < -0.4 is 0 Å². The van der Waals surface area contributed by atoms with E-state index in [1.54, 1.807) is 0 Å². The Morgan fingerprint density at radius 3 is 2.43 bits per heavy atom. The van der Waals surface area contributed by atoms with Gasteiger partial charge in [-0.15, -0.1) is 0 Å². The minimum absolute atomic E-state index is 0.121. The Hall–Kier alpha value is 0.190. The van der Waals surface area contributed by atoms with Crippen molar-refractivity contribution in [2.75, 3.05) is 6.61 Å². The van der Waals surface area contributed by atoms with Crippen LogP contribution in [0, 0.1) is 52.3 Å². The van der Waals surface area contributed by atoms with Gasteiger partial charge in [-0.1, -0.05) is 34.1 Å². The molecule has 12 atom stereocenters. The van der Waals surface area contributed by atoms with Crippen molar-refractivity contribution in [3.63, 3.8) is 0 Å². The third-order valence-corrected chi connectivity index (χ3v) is 11.1. The molecule has 4 fully saturated rings. The van der Waals surface area contributed by atoms with E-state index in [1.807, 2.05) is 0 Å². The number of thiol groups is 1. The van der Waals surface area contributed by atoms with Gasteiger partial charge in [0.25, 0.3) is 0 Å². The molecule has 4 saturated carbocycles. The highest BCUT2D eigenvalue weighted by Crippen LogP contribution is 2.69. The van der Waals surface area contributed by atoms with E-state index in [4.69, 9.17) is 4.18 Å². The molecule has 0 amide bonds. The smallest absolute Gasteiger partial charge is 0.0613 e. The zero-order chi connectivity index (χ0) is 21.8. The molecular weight excluding hydrogens is 396 g/mol. The van der Waals surface area contributed by atoms with Gasteiger partial charge in [-0.05, 0) is 110 Å². The van der Waals surface area contributed by atoms with E-state index in [0.717, 1.165) is 51.4 Å². The van der Waals surface area contributed by atoms with E-state index in [9.17, 15) is 15.3 Å². The Morgan fingerprint density at radius 1 is 1.03 bits per heavy atom. The average molecular weight is 441 g/mol. The lowest BCUT2D eigenvalue weighted by Crippen LogP contribution is -2.65. The second kappa shape index (κ2) is 8.52. The Labute approximate surface area is 188 Å². The molecule has 0 saturated heterocycles. The fourth-order valence-electron chi connectivity index (χ4n) is 9.33. The molecule has 4 rings (SSSR count). The zero-order valence-electron chi connectivity index (χ0n) is 19.3. The summed E-state index contributed by atoms with van der Waals surface area (Å²) in [7, 11) is 0. The average Bonchev–Trinajstić information content (AvgIpc) is 3.07. The van der Waals surface area contributed by atoms with Crippen molar-refractivity contribution in [1.82, 2.24) is 0 Å². The molecule has 4 aliphatic rings. The zero-order valence-corrected chi connectivity index (χ0v) is 20.2. The van der Waals surface area contributed by atoms with Crippen LogP contribution in [0.5, 0.6) is 0 Å². The molecule has 4 nitrogen and oxygen atoms in total. The van der Waals surface area contributed by atoms with Gasteiger partial charge in [-0.3, -0.25) is 0 Å². The maximum Gasteiger partial charge on any atom is 0.0613 e. The minimum Gasteiger partial charge on any atom is -0.393 e. The van der Waals surface area contributed by atoms with Crippen molar-refractivity contribution in [3.05, 3.63) is 0 Å². The van der Waals surface area contributed by atoms with Crippen LogP contribution in [0.2, 0.25) is 0 Å². The molecule has 4 aliphatic carbocycles. The van der Waals surface area contributed by atoms with Crippen LogP contribution in [-0.4, -0.2) is 40.2 Å². The lowest BCUT2D eigenvalue weighted by molar-refractivity contribution is -0.228. The standard InChI is InChI=1S/C25H44O4S/c1-5-16-19-12-15(26)8-10-24(19,3)20-13-21(27)25(4)17(14(2)9-11-29-30)6-7-18(25)22(20)23(16)28/h14-23,26-28,30H,5-13H2,1-4H3/t14-,15-,16-,17-,18?,19+,20?,21+,22?,23+,24+,25-/m1/s1. The number of aliphatic hydroxyl groups is 3. The largest absolute Gasteiger partial charge is 0.393 e. The number of fused-ring (bicyclic) bond motifs is 5. The molecule has 3 unspecified atom stereocenters. The quantitative estimate of drug-likeness (QED) is 0.376. The van der Waals surface area contributed by atoms with Crippen LogP contribution in [-0.2, 0) is 4.18 Å². The summed E-state index contributed by atoms with van der Waals surface area (Å²) in [6.45, 7) is 9.90. The van der Waals surface area contributed by atoms with Gasteiger partial charge in [-0.2, -0.15) is 0 Å². The van der Waals surface area contributed by atoms with Crippen molar-refractivity contribution < 1.29 is 19.5 Å². The van der Waals surface area contributed by atoms with Gasteiger partial charge in [0, 0.05) is 0 Å².